The van der Waals surface area contributed by atoms with Gasteiger partial charge in [0.15, 0.2) is 6.73 Å². The van der Waals surface area contributed by atoms with Gasteiger partial charge in [0, 0.05) is 10.4 Å². The predicted molar refractivity (Wildman–Crippen MR) is 122 cm³/mol. The van der Waals surface area contributed by atoms with Gasteiger partial charge in [-0.25, -0.2) is 4.79 Å². The van der Waals surface area contributed by atoms with Crippen LogP contribution in [0.3, 0.4) is 0 Å². The zero-order valence-corrected chi connectivity index (χ0v) is 18.4. The van der Waals surface area contributed by atoms with E-state index in [-0.39, 0.29) is 12.3 Å². The van der Waals surface area contributed by atoms with Crippen molar-refractivity contribution in [2.24, 2.45) is 0 Å². The average molecular weight is 466 g/mol. The van der Waals surface area contributed by atoms with Crippen LogP contribution in [0.25, 0.3) is 21.1 Å². The number of hydrogen-bond donors (Lipinski definition) is 0. The van der Waals surface area contributed by atoms with Crippen LogP contribution in [0, 0.1) is 6.92 Å². The second kappa shape index (κ2) is 8.18. The van der Waals surface area contributed by atoms with Crippen molar-refractivity contribution in [1.29, 1.82) is 0 Å². The number of thiophene rings is 1. The van der Waals surface area contributed by atoms with Crippen molar-refractivity contribution in [2.75, 3.05) is 0 Å². The molecule has 0 aliphatic heterocycles. The summed E-state index contributed by atoms with van der Waals surface area (Å²) in [5.74, 6) is -0.545. The van der Waals surface area contributed by atoms with Crippen LogP contribution in [0.2, 0.25) is 5.02 Å². The Balaban J connectivity index is 1.38. The molecule has 3 heterocycles. The second-order valence-electron chi connectivity index (χ2n) is 7.14. The molecule has 0 saturated carbocycles. The Morgan fingerprint density at radius 2 is 1.88 bits per heavy atom. The molecule has 32 heavy (non-hydrogen) atoms. The van der Waals surface area contributed by atoms with Crippen LogP contribution >= 0.6 is 22.9 Å². The number of nitrogens with zero attached hydrogens (tertiary/aromatic N) is 5. The van der Waals surface area contributed by atoms with Crippen molar-refractivity contribution in [2.45, 2.75) is 20.2 Å². The lowest BCUT2D eigenvalue weighted by atomic mass is 10.2. The Bertz CT molecular complexity index is 1540. The molecule has 0 aliphatic carbocycles. The van der Waals surface area contributed by atoms with E-state index in [1.54, 1.807) is 30.3 Å². The molecule has 5 aromatic rings. The summed E-state index contributed by atoms with van der Waals surface area (Å²) in [6.07, 6.45) is 0. The van der Waals surface area contributed by atoms with Crippen LogP contribution in [0.5, 0.6) is 0 Å². The number of aromatic nitrogens is 5. The topological polar surface area (TPSA) is 91.9 Å². The number of carbonyl (C=O) groups excluding carboxylic acids is 1. The van der Waals surface area contributed by atoms with Crippen LogP contribution in [-0.4, -0.2) is 30.7 Å². The van der Waals surface area contributed by atoms with E-state index in [9.17, 15) is 9.59 Å². The summed E-state index contributed by atoms with van der Waals surface area (Å²) in [7, 11) is 0. The molecule has 0 fully saturated rings. The third kappa shape index (κ3) is 3.65. The highest BCUT2D eigenvalue weighted by molar-refractivity contribution is 7.20. The largest absolute Gasteiger partial charge is 0.438 e. The van der Waals surface area contributed by atoms with Gasteiger partial charge >= 0.3 is 5.97 Å². The highest BCUT2D eigenvalue weighted by atomic mass is 35.5. The number of halogens is 1. The van der Waals surface area contributed by atoms with Gasteiger partial charge < -0.3 is 4.74 Å². The third-order valence-corrected chi connectivity index (χ3v) is 6.53. The van der Waals surface area contributed by atoms with Crippen molar-refractivity contribution >= 4 is 50.0 Å². The molecule has 160 valence electrons. The molecule has 0 spiro atoms. The van der Waals surface area contributed by atoms with Crippen molar-refractivity contribution in [3.63, 3.8) is 0 Å². The van der Waals surface area contributed by atoms with Gasteiger partial charge in [-0.15, -0.1) is 16.4 Å². The Kier molecular flexibility index (Phi) is 5.20. The van der Waals surface area contributed by atoms with Gasteiger partial charge in [-0.1, -0.05) is 47.1 Å². The van der Waals surface area contributed by atoms with E-state index in [4.69, 9.17) is 16.3 Å². The summed E-state index contributed by atoms with van der Waals surface area (Å²) in [5, 5.41) is 14.4. The van der Waals surface area contributed by atoms with E-state index in [0.717, 1.165) is 26.2 Å². The summed E-state index contributed by atoms with van der Waals surface area (Å²) in [4.78, 5) is 26.4. The highest BCUT2D eigenvalue weighted by Gasteiger charge is 2.18. The first-order valence-corrected chi connectivity index (χ1v) is 10.9. The molecule has 10 heteroatoms. The zero-order chi connectivity index (χ0) is 22.2. The lowest BCUT2D eigenvalue weighted by Crippen LogP contribution is -2.26. The number of carbonyl (C=O) groups is 1. The first-order valence-electron chi connectivity index (χ1n) is 9.71. The van der Waals surface area contributed by atoms with Gasteiger partial charge in [0.25, 0.3) is 5.56 Å². The third-order valence-electron chi connectivity index (χ3n) is 5.03. The van der Waals surface area contributed by atoms with E-state index in [1.807, 2.05) is 35.9 Å². The van der Waals surface area contributed by atoms with Gasteiger partial charge in [0.2, 0.25) is 0 Å². The number of hydrogen-bond acceptors (Lipinski definition) is 7. The molecule has 5 rings (SSSR count). The molecular weight excluding hydrogens is 450 g/mol. The molecule has 0 radical (unpaired) electrons. The molecule has 0 saturated heterocycles. The maximum atomic E-state index is 12.7. The van der Waals surface area contributed by atoms with E-state index < -0.39 is 5.97 Å². The number of rotatable bonds is 5. The molecule has 0 unspecified atom stereocenters. The van der Waals surface area contributed by atoms with E-state index in [2.05, 4.69) is 15.4 Å². The van der Waals surface area contributed by atoms with Crippen molar-refractivity contribution in [1.82, 2.24) is 24.8 Å². The Hall–Kier alpha value is -3.56. The standard InChI is InChI=1S/C22H16ClN5O3S/c1-13-16-10-19(32-21(16)27(25-13)11-14-6-2-4-8-17(14)23)22(30)31-12-28-20(29)15-7-3-5-9-18(15)24-26-28/h2-10H,11-12H2,1H3. The second-order valence-corrected chi connectivity index (χ2v) is 8.57. The molecule has 3 aromatic heterocycles. The Morgan fingerprint density at radius 3 is 2.72 bits per heavy atom. The quantitative estimate of drug-likeness (QED) is 0.364. The molecule has 0 bridgehead atoms. The van der Waals surface area contributed by atoms with Gasteiger partial charge in [-0.3, -0.25) is 9.48 Å². The minimum Gasteiger partial charge on any atom is -0.438 e. The summed E-state index contributed by atoms with van der Waals surface area (Å²) in [6, 6.07) is 16.2. The number of aryl methyl sites for hydroxylation is 1. The Morgan fingerprint density at radius 1 is 1.09 bits per heavy atom. The van der Waals surface area contributed by atoms with Crippen LogP contribution in [-0.2, 0) is 18.0 Å². The molecule has 0 amide bonds. The highest BCUT2D eigenvalue weighted by Crippen LogP contribution is 2.30. The molecule has 0 aliphatic rings. The van der Waals surface area contributed by atoms with E-state index in [1.165, 1.54) is 11.3 Å². The van der Waals surface area contributed by atoms with Crippen LogP contribution in [0.15, 0.2) is 59.4 Å². The molecule has 0 atom stereocenters. The molecular formula is C22H16ClN5O3S. The maximum Gasteiger partial charge on any atom is 0.350 e. The number of ether oxygens (including phenoxy) is 1. The fourth-order valence-electron chi connectivity index (χ4n) is 3.41. The first kappa shape index (κ1) is 20.3. The van der Waals surface area contributed by atoms with E-state index >= 15 is 0 Å². The molecule has 8 nitrogen and oxygen atoms in total. The average Bonchev–Trinajstić information content (AvgIpc) is 3.36. The zero-order valence-electron chi connectivity index (χ0n) is 16.9. The smallest absolute Gasteiger partial charge is 0.350 e. The van der Waals surface area contributed by atoms with Gasteiger partial charge in [0.05, 0.1) is 17.6 Å². The maximum absolute atomic E-state index is 12.7. The monoisotopic (exact) mass is 465 g/mol. The fraction of sp³-hybridized carbons (Fsp3) is 0.136. The van der Waals surface area contributed by atoms with Crippen LogP contribution in [0.1, 0.15) is 20.9 Å². The minimum atomic E-state index is -0.545. The lowest BCUT2D eigenvalue weighted by molar-refractivity contribution is 0.0342. The molecule has 2 aromatic carbocycles. The van der Waals surface area contributed by atoms with Gasteiger partial charge in [-0.2, -0.15) is 9.78 Å². The number of benzene rings is 2. The van der Waals surface area contributed by atoms with Crippen molar-refractivity contribution in [3.05, 3.63) is 86.1 Å². The Labute approximate surface area is 190 Å². The van der Waals surface area contributed by atoms with Gasteiger partial charge in [0.1, 0.15) is 15.2 Å². The van der Waals surface area contributed by atoms with E-state index in [0.29, 0.717) is 27.3 Å². The van der Waals surface area contributed by atoms with Gasteiger partial charge in [-0.05, 0) is 36.8 Å². The van der Waals surface area contributed by atoms with Crippen LogP contribution in [0.4, 0.5) is 0 Å². The SMILES string of the molecule is Cc1nn(Cc2ccccc2Cl)c2sc(C(=O)OCn3nnc4ccccc4c3=O)cc12. The summed E-state index contributed by atoms with van der Waals surface area (Å²) in [5.41, 5.74) is 1.86. The normalized spacial score (nSPS) is 11.3. The first-order chi connectivity index (χ1) is 15.5. The summed E-state index contributed by atoms with van der Waals surface area (Å²) < 4.78 is 8.19. The van der Waals surface area contributed by atoms with Crippen molar-refractivity contribution < 1.29 is 9.53 Å². The lowest BCUT2D eigenvalue weighted by Gasteiger charge is -2.06. The summed E-state index contributed by atoms with van der Waals surface area (Å²) >= 11 is 7.56. The minimum absolute atomic E-state index is 0.325. The fourth-order valence-corrected chi connectivity index (χ4v) is 4.66. The van der Waals surface area contributed by atoms with Crippen molar-refractivity contribution in [3.8, 4) is 0 Å². The predicted octanol–water partition coefficient (Wildman–Crippen LogP) is 4.03. The number of esters is 1. The molecule has 0 N–H and O–H groups in total. The van der Waals surface area contributed by atoms with Crippen LogP contribution < -0.4 is 5.56 Å². The summed E-state index contributed by atoms with van der Waals surface area (Å²) in [6.45, 7) is 2.05. The number of fused-ring (bicyclic) bond motifs is 2.